The van der Waals surface area contributed by atoms with Gasteiger partial charge in [-0.3, -0.25) is 0 Å². The minimum absolute atomic E-state index is 0.292. The van der Waals surface area contributed by atoms with Crippen LogP contribution in [-0.4, -0.2) is 18.7 Å². The lowest BCUT2D eigenvalue weighted by molar-refractivity contribution is 0.475. The molecule has 2 N–H and O–H groups in total. The van der Waals surface area contributed by atoms with Gasteiger partial charge in [-0.25, -0.2) is 0 Å². The van der Waals surface area contributed by atoms with E-state index in [4.69, 9.17) is 0 Å². The van der Waals surface area contributed by atoms with Crippen molar-refractivity contribution in [3.8, 4) is 5.75 Å². The lowest BCUT2D eigenvalue weighted by Crippen LogP contribution is -2.08. The highest BCUT2D eigenvalue weighted by atomic mass is 16.3. The summed E-state index contributed by atoms with van der Waals surface area (Å²) in [6.45, 7) is 3.24. The van der Waals surface area contributed by atoms with Gasteiger partial charge in [0.1, 0.15) is 5.75 Å². The predicted octanol–water partition coefficient (Wildman–Crippen LogP) is 5.91. The number of hydrogen-bond acceptors (Lipinski definition) is 2. The number of nitrogens with one attached hydrogen (secondary N) is 1. The Morgan fingerprint density at radius 2 is 1.39 bits per heavy atom. The molecule has 0 unspecified atom stereocenters. The summed E-state index contributed by atoms with van der Waals surface area (Å²) in [7, 11) is 1.99. The Labute approximate surface area is 168 Å². The molecule has 3 aromatic rings. The molecule has 0 fully saturated rings. The second-order valence-electron chi connectivity index (χ2n) is 7.02. The van der Waals surface area contributed by atoms with Crippen molar-refractivity contribution in [2.45, 2.75) is 26.2 Å². The number of rotatable bonds is 8. The first-order valence-electron chi connectivity index (χ1n) is 10.0. The molecule has 0 spiro atoms. The molecular weight excluding hydrogens is 342 g/mol. The van der Waals surface area contributed by atoms with E-state index in [0.29, 0.717) is 5.75 Å². The average molecular weight is 372 g/mol. The van der Waals surface area contributed by atoms with Crippen molar-refractivity contribution in [3.63, 3.8) is 0 Å². The quantitative estimate of drug-likeness (QED) is 0.381. The maximum Gasteiger partial charge on any atom is 0.115 e. The van der Waals surface area contributed by atoms with Crippen LogP contribution < -0.4 is 5.32 Å². The van der Waals surface area contributed by atoms with Gasteiger partial charge in [0.15, 0.2) is 0 Å². The number of benzene rings is 3. The number of aromatic hydroxyl groups is 1. The lowest BCUT2D eigenvalue weighted by atomic mass is 9.87. The Morgan fingerprint density at radius 3 is 1.96 bits per heavy atom. The summed E-state index contributed by atoms with van der Waals surface area (Å²) < 4.78 is 0. The van der Waals surface area contributed by atoms with Gasteiger partial charge >= 0.3 is 0 Å². The van der Waals surface area contributed by atoms with E-state index >= 15 is 0 Å². The van der Waals surface area contributed by atoms with Gasteiger partial charge in [-0.05, 0) is 78.4 Å². The molecule has 2 heteroatoms. The minimum atomic E-state index is 0.292. The Balaban J connectivity index is 2.06. The molecule has 0 saturated heterocycles. The first kappa shape index (κ1) is 19.9. The van der Waals surface area contributed by atoms with Crippen LogP contribution in [0.3, 0.4) is 0 Å². The van der Waals surface area contributed by atoms with Crippen LogP contribution in [0.2, 0.25) is 0 Å². The number of hydrogen-bond donors (Lipinski definition) is 2. The molecule has 0 amide bonds. The van der Waals surface area contributed by atoms with Gasteiger partial charge < -0.3 is 10.4 Å². The van der Waals surface area contributed by atoms with Gasteiger partial charge in [0.05, 0.1) is 0 Å². The molecule has 0 aromatic heterocycles. The maximum atomic E-state index is 9.74. The van der Waals surface area contributed by atoms with Crippen LogP contribution in [0.25, 0.3) is 11.1 Å². The highest BCUT2D eigenvalue weighted by Gasteiger charge is 2.13. The normalized spacial score (nSPS) is 11.9. The third-order valence-electron chi connectivity index (χ3n) is 5.07. The molecule has 0 heterocycles. The number of phenols is 1. The third-order valence-corrected chi connectivity index (χ3v) is 5.07. The van der Waals surface area contributed by atoms with Crippen LogP contribution in [0.4, 0.5) is 0 Å². The SMILES string of the molecule is CC/C(=C(\c1ccc(O)cc1)c1ccc(CCCNC)cc1)c1ccccc1. The maximum absolute atomic E-state index is 9.74. The molecule has 3 rings (SSSR count). The first-order valence-corrected chi connectivity index (χ1v) is 10.0. The molecule has 0 radical (unpaired) electrons. The standard InChI is InChI=1S/C26H29NO/c1-3-25(21-9-5-4-6-10-21)26(23-15-17-24(28)18-16-23)22-13-11-20(12-14-22)8-7-19-27-2/h4-6,9-18,27-28H,3,7-8,19H2,1-2H3/b26-25+. The molecule has 0 atom stereocenters. The van der Waals surface area contributed by atoms with Crippen molar-refractivity contribution in [1.29, 1.82) is 0 Å². The molecule has 0 aliphatic rings. The summed E-state index contributed by atoms with van der Waals surface area (Å²) in [6.07, 6.45) is 3.16. The molecule has 0 saturated carbocycles. The summed E-state index contributed by atoms with van der Waals surface area (Å²) in [5, 5.41) is 12.9. The average Bonchev–Trinajstić information content (AvgIpc) is 2.74. The molecule has 28 heavy (non-hydrogen) atoms. The van der Waals surface area contributed by atoms with Gasteiger partial charge in [-0.2, -0.15) is 0 Å². The fourth-order valence-electron chi connectivity index (χ4n) is 3.62. The fraction of sp³-hybridized carbons (Fsp3) is 0.231. The lowest BCUT2D eigenvalue weighted by Gasteiger charge is -2.17. The summed E-state index contributed by atoms with van der Waals surface area (Å²) in [6, 6.07) is 27.0. The van der Waals surface area contributed by atoms with E-state index in [1.165, 1.54) is 27.8 Å². The predicted molar refractivity (Wildman–Crippen MR) is 119 cm³/mol. The van der Waals surface area contributed by atoms with E-state index in [0.717, 1.165) is 31.4 Å². The van der Waals surface area contributed by atoms with Crippen molar-refractivity contribution in [2.24, 2.45) is 0 Å². The zero-order valence-corrected chi connectivity index (χ0v) is 16.8. The van der Waals surface area contributed by atoms with E-state index in [9.17, 15) is 5.11 Å². The molecule has 2 nitrogen and oxygen atoms in total. The zero-order chi connectivity index (χ0) is 19.8. The molecule has 144 valence electrons. The van der Waals surface area contributed by atoms with Gasteiger partial charge in [-0.15, -0.1) is 0 Å². The summed E-state index contributed by atoms with van der Waals surface area (Å²) in [5.41, 5.74) is 7.49. The Kier molecular flexibility index (Phi) is 7.05. The van der Waals surface area contributed by atoms with E-state index < -0.39 is 0 Å². The van der Waals surface area contributed by atoms with Gasteiger partial charge in [-0.1, -0.05) is 73.7 Å². The Hall–Kier alpha value is -2.84. The monoisotopic (exact) mass is 371 g/mol. The largest absolute Gasteiger partial charge is 0.508 e. The molecule has 0 bridgehead atoms. The Bertz CT molecular complexity index is 893. The van der Waals surface area contributed by atoms with Gasteiger partial charge in [0.25, 0.3) is 0 Å². The van der Waals surface area contributed by atoms with E-state index in [2.05, 4.69) is 66.8 Å². The van der Waals surface area contributed by atoms with Crippen LogP contribution in [0.5, 0.6) is 5.75 Å². The van der Waals surface area contributed by atoms with Crippen LogP contribution in [0, 0.1) is 0 Å². The van der Waals surface area contributed by atoms with Gasteiger partial charge in [0.2, 0.25) is 0 Å². The minimum Gasteiger partial charge on any atom is -0.508 e. The molecule has 3 aromatic carbocycles. The summed E-state index contributed by atoms with van der Waals surface area (Å²) >= 11 is 0. The fourth-order valence-corrected chi connectivity index (χ4v) is 3.62. The van der Waals surface area contributed by atoms with Crippen molar-refractivity contribution in [2.75, 3.05) is 13.6 Å². The second kappa shape index (κ2) is 9.91. The third kappa shape index (κ3) is 4.90. The molecular formula is C26H29NO. The smallest absolute Gasteiger partial charge is 0.115 e. The second-order valence-corrected chi connectivity index (χ2v) is 7.02. The molecule has 0 aliphatic carbocycles. The van der Waals surface area contributed by atoms with Crippen molar-refractivity contribution >= 4 is 11.1 Å². The van der Waals surface area contributed by atoms with E-state index in [1.807, 2.05) is 19.2 Å². The van der Waals surface area contributed by atoms with E-state index in [-0.39, 0.29) is 0 Å². The zero-order valence-electron chi connectivity index (χ0n) is 16.8. The van der Waals surface area contributed by atoms with Gasteiger partial charge in [0, 0.05) is 0 Å². The van der Waals surface area contributed by atoms with Crippen molar-refractivity contribution in [3.05, 3.63) is 101 Å². The van der Waals surface area contributed by atoms with Crippen LogP contribution in [0.15, 0.2) is 78.9 Å². The highest BCUT2D eigenvalue weighted by molar-refractivity contribution is 5.98. The summed E-state index contributed by atoms with van der Waals surface area (Å²) in [4.78, 5) is 0. The molecule has 0 aliphatic heterocycles. The first-order chi connectivity index (χ1) is 13.7. The topological polar surface area (TPSA) is 32.3 Å². The van der Waals surface area contributed by atoms with Crippen LogP contribution >= 0.6 is 0 Å². The number of allylic oxidation sites excluding steroid dienone is 1. The number of phenolic OH excluding ortho intramolecular Hbond substituents is 1. The van der Waals surface area contributed by atoms with E-state index in [1.54, 1.807) is 12.1 Å². The van der Waals surface area contributed by atoms with Crippen molar-refractivity contribution in [1.82, 2.24) is 5.32 Å². The summed E-state index contributed by atoms with van der Waals surface area (Å²) in [5.74, 6) is 0.292. The van der Waals surface area contributed by atoms with Crippen molar-refractivity contribution < 1.29 is 5.11 Å². The Morgan fingerprint density at radius 1 is 0.786 bits per heavy atom. The van der Waals surface area contributed by atoms with Crippen LogP contribution in [0.1, 0.15) is 42.0 Å². The van der Waals surface area contributed by atoms with Crippen LogP contribution in [-0.2, 0) is 6.42 Å². The highest BCUT2D eigenvalue weighted by Crippen LogP contribution is 2.35. The number of aryl methyl sites for hydroxylation is 1.